The third-order valence-corrected chi connectivity index (χ3v) is 6.98. The molecule has 1 aromatic heterocycles. The molecule has 10 nitrogen and oxygen atoms in total. The zero-order valence-electron chi connectivity index (χ0n) is 23.1. The molecule has 10 heteroatoms. The van der Waals surface area contributed by atoms with Crippen LogP contribution in [-0.2, 0) is 6.54 Å². The summed E-state index contributed by atoms with van der Waals surface area (Å²) in [6, 6.07) is 14.4. The maximum atomic E-state index is 13.7. The number of hydrogen-bond acceptors (Lipinski definition) is 7. The van der Waals surface area contributed by atoms with Crippen LogP contribution in [0.1, 0.15) is 41.2 Å². The van der Waals surface area contributed by atoms with E-state index >= 15 is 0 Å². The molecule has 1 aliphatic heterocycles. The summed E-state index contributed by atoms with van der Waals surface area (Å²) in [5, 5.41) is 19.3. The molecule has 3 atom stereocenters. The first-order chi connectivity index (χ1) is 18.7. The fourth-order valence-corrected chi connectivity index (χ4v) is 4.72. The normalized spacial score (nSPS) is 18.1. The molecule has 0 saturated carbocycles. The minimum atomic E-state index is -0.488. The van der Waals surface area contributed by atoms with E-state index in [0.29, 0.717) is 47.2 Å². The molecular formula is C29H37N5O5. The van der Waals surface area contributed by atoms with Gasteiger partial charge in [-0.15, -0.1) is 0 Å². The van der Waals surface area contributed by atoms with Crippen LogP contribution >= 0.6 is 0 Å². The summed E-state index contributed by atoms with van der Waals surface area (Å²) >= 11 is 0. The minimum absolute atomic E-state index is 0.00736. The number of carbonyl (C=O) groups is 2. The number of urea groups is 1. The second-order valence-corrected chi connectivity index (χ2v) is 10.3. The summed E-state index contributed by atoms with van der Waals surface area (Å²) in [6.45, 7) is 9.00. The smallest absolute Gasteiger partial charge is 0.323 e. The second kappa shape index (κ2) is 12.3. The fourth-order valence-electron chi connectivity index (χ4n) is 4.72. The Hall–Kier alpha value is -3.89. The standard InChI is InChI=1S/C29H37N5O5/c1-18-14-34(19(2)17-35)28(36)24-13-23(30-29(37)31-27-20(3)32-39-21(27)4)11-12-25(24)38-26(18)16-33(5)15-22-9-7-6-8-10-22/h6-13,18-19,26,35H,14-17H2,1-5H3,(H2,30,31,37)/t18-,19-,26+/m0/s1. The second-order valence-electron chi connectivity index (χ2n) is 10.3. The summed E-state index contributed by atoms with van der Waals surface area (Å²) in [4.78, 5) is 30.2. The van der Waals surface area contributed by atoms with Crippen molar-refractivity contribution in [3.05, 3.63) is 71.1 Å². The number of ether oxygens (including phenoxy) is 1. The van der Waals surface area contributed by atoms with Gasteiger partial charge in [-0.2, -0.15) is 0 Å². The summed E-state index contributed by atoms with van der Waals surface area (Å²) in [6.07, 6.45) is -0.208. The summed E-state index contributed by atoms with van der Waals surface area (Å²) in [5.74, 6) is 0.684. The quantitative estimate of drug-likeness (QED) is 0.394. The lowest BCUT2D eigenvalue weighted by Crippen LogP contribution is -2.49. The van der Waals surface area contributed by atoms with Gasteiger partial charge in [0.25, 0.3) is 5.91 Å². The molecule has 0 fully saturated rings. The Bertz CT molecular complexity index is 1270. The van der Waals surface area contributed by atoms with Gasteiger partial charge < -0.3 is 29.9 Å². The predicted molar refractivity (Wildman–Crippen MR) is 149 cm³/mol. The van der Waals surface area contributed by atoms with Gasteiger partial charge in [-0.3, -0.25) is 9.69 Å². The molecule has 1 aliphatic rings. The summed E-state index contributed by atoms with van der Waals surface area (Å²) in [7, 11) is 2.05. The monoisotopic (exact) mass is 535 g/mol. The molecule has 3 amide bonds. The number of nitrogens with one attached hydrogen (secondary N) is 2. The van der Waals surface area contributed by atoms with Crippen molar-refractivity contribution in [3.63, 3.8) is 0 Å². The maximum absolute atomic E-state index is 13.7. The highest BCUT2D eigenvalue weighted by atomic mass is 16.5. The predicted octanol–water partition coefficient (Wildman–Crippen LogP) is 4.29. The van der Waals surface area contributed by atoms with Gasteiger partial charge >= 0.3 is 6.03 Å². The Kier molecular flexibility index (Phi) is 8.88. The molecule has 3 aromatic rings. The molecule has 0 spiro atoms. The lowest BCUT2D eigenvalue weighted by atomic mass is 9.99. The van der Waals surface area contributed by atoms with Crippen molar-refractivity contribution in [3.8, 4) is 5.75 Å². The third-order valence-electron chi connectivity index (χ3n) is 6.98. The number of anilines is 2. The molecule has 3 N–H and O–H groups in total. The van der Waals surface area contributed by atoms with Crippen LogP contribution in [0.25, 0.3) is 0 Å². The summed E-state index contributed by atoms with van der Waals surface area (Å²) in [5.41, 5.74) is 3.02. The average molecular weight is 536 g/mol. The molecule has 0 radical (unpaired) electrons. The van der Waals surface area contributed by atoms with Gasteiger partial charge in [-0.05, 0) is 51.6 Å². The van der Waals surface area contributed by atoms with E-state index in [-0.39, 0.29) is 30.6 Å². The number of benzene rings is 2. The van der Waals surface area contributed by atoms with Crippen molar-refractivity contribution in [2.24, 2.45) is 5.92 Å². The van der Waals surface area contributed by atoms with Crippen molar-refractivity contribution < 1.29 is 24.0 Å². The third kappa shape index (κ3) is 6.76. The van der Waals surface area contributed by atoms with E-state index in [1.807, 2.05) is 32.2 Å². The number of rotatable bonds is 8. The van der Waals surface area contributed by atoms with Gasteiger partial charge in [-0.1, -0.05) is 42.4 Å². The number of nitrogens with zero attached hydrogens (tertiary/aromatic N) is 3. The lowest BCUT2D eigenvalue weighted by molar-refractivity contribution is 0.0341. The fraction of sp³-hybridized carbons (Fsp3) is 0.414. The van der Waals surface area contributed by atoms with Gasteiger partial charge in [0, 0.05) is 31.2 Å². The van der Waals surface area contributed by atoms with E-state index < -0.39 is 6.03 Å². The topological polar surface area (TPSA) is 120 Å². The first-order valence-electron chi connectivity index (χ1n) is 13.1. The highest BCUT2D eigenvalue weighted by Crippen LogP contribution is 2.31. The van der Waals surface area contributed by atoms with Crippen molar-refractivity contribution in [1.82, 2.24) is 15.0 Å². The first-order valence-corrected chi connectivity index (χ1v) is 13.1. The van der Waals surface area contributed by atoms with Crippen LogP contribution in [0.4, 0.5) is 16.2 Å². The number of likely N-dealkylation sites (N-methyl/N-ethyl adjacent to an activating group) is 1. The molecule has 0 unspecified atom stereocenters. The number of aliphatic hydroxyl groups is 1. The van der Waals surface area contributed by atoms with Crippen molar-refractivity contribution >= 4 is 23.3 Å². The van der Waals surface area contributed by atoms with Crippen LogP contribution in [0.2, 0.25) is 0 Å². The molecule has 2 aromatic carbocycles. The number of hydrogen-bond donors (Lipinski definition) is 3. The largest absolute Gasteiger partial charge is 0.488 e. The van der Waals surface area contributed by atoms with Gasteiger partial charge in [0.2, 0.25) is 0 Å². The highest BCUT2D eigenvalue weighted by molar-refractivity contribution is 6.03. The minimum Gasteiger partial charge on any atom is -0.488 e. The van der Waals surface area contributed by atoms with E-state index in [9.17, 15) is 14.7 Å². The van der Waals surface area contributed by atoms with Crippen LogP contribution in [0.5, 0.6) is 5.75 Å². The van der Waals surface area contributed by atoms with Crippen LogP contribution < -0.4 is 15.4 Å². The van der Waals surface area contributed by atoms with E-state index in [0.717, 1.165) is 6.54 Å². The Morgan fingerprint density at radius 3 is 2.62 bits per heavy atom. The maximum Gasteiger partial charge on any atom is 0.323 e. The van der Waals surface area contributed by atoms with E-state index in [1.54, 1.807) is 36.9 Å². The van der Waals surface area contributed by atoms with E-state index in [1.165, 1.54) is 5.56 Å². The van der Waals surface area contributed by atoms with Gasteiger partial charge in [-0.25, -0.2) is 4.79 Å². The summed E-state index contributed by atoms with van der Waals surface area (Å²) < 4.78 is 11.6. The Morgan fingerprint density at radius 2 is 1.95 bits per heavy atom. The molecule has 0 saturated heterocycles. The first kappa shape index (κ1) is 28.1. The van der Waals surface area contributed by atoms with Gasteiger partial charge in [0.05, 0.1) is 18.2 Å². The number of aryl methyl sites for hydroxylation is 2. The van der Waals surface area contributed by atoms with Crippen LogP contribution in [0.3, 0.4) is 0 Å². The van der Waals surface area contributed by atoms with Crippen molar-refractivity contribution in [2.45, 2.75) is 46.4 Å². The van der Waals surface area contributed by atoms with Crippen molar-refractivity contribution in [2.75, 3.05) is 37.4 Å². The number of fused-ring (bicyclic) bond motifs is 1. The lowest BCUT2D eigenvalue weighted by Gasteiger charge is -2.38. The molecule has 39 heavy (non-hydrogen) atoms. The molecule has 0 bridgehead atoms. The molecule has 208 valence electrons. The van der Waals surface area contributed by atoms with Crippen LogP contribution in [0, 0.1) is 19.8 Å². The molecule has 4 rings (SSSR count). The highest BCUT2D eigenvalue weighted by Gasteiger charge is 2.33. The number of amides is 3. The Morgan fingerprint density at radius 1 is 1.21 bits per heavy atom. The molecule has 0 aliphatic carbocycles. The van der Waals surface area contributed by atoms with Crippen LogP contribution in [-0.4, -0.2) is 70.9 Å². The Labute approximate surface area is 228 Å². The van der Waals surface area contributed by atoms with Gasteiger partial charge in [0.15, 0.2) is 5.76 Å². The zero-order chi connectivity index (χ0) is 28.1. The zero-order valence-corrected chi connectivity index (χ0v) is 23.1. The number of aliphatic hydroxyl groups excluding tert-OH is 1. The van der Waals surface area contributed by atoms with Crippen LogP contribution in [0.15, 0.2) is 53.1 Å². The Balaban J connectivity index is 1.57. The van der Waals surface area contributed by atoms with Crippen molar-refractivity contribution in [1.29, 1.82) is 0 Å². The van der Waals surface area contributed by atoms with Gasteiger partial charge in [0.1, 0.15) is 23.2 Å². The average Bonchev–Trinajstić information content (AvgIpc) is 3.23. The number of aromatic nitrogens is 1. The van der Waals surface area contributed by atoms with E-state index in [4.69, 9.17) is 9.26 Å². The molecule has 2 heterocycles. The SMILES string of the molecule is Cc1noc(C)c1NC(=O)Nc1ccc2c(c1)C(=O)N([C@@H](C)CO)C[C@H](C)[C@@H](CN(C)Cc1ccccc1)O2. The number of carbonyl (C=O) groups excluding carboxylic acids is 2. The molecular weight excluding hydrogens is 498 g/mol. The van der Waals surface area contributed by atoms with E-state index in [2.05, 4.69) is 39.7 Å².